The zero-order valence-electron chi connectivity index (χ0n) is 10.7. The number of hydrogen-bond donors (Lipinski definition) is 3. The molecule has 1 aliphatic rings. The highest BCUT2D eigenvalue weighted by molar-refractivity contribution is 5.92. The first kappa shape index (κ1) is 12.9. The number of phenolic OH excluding ortho intramolecular Hbond substituents is 1. The Kier molecular flexibility index (Phi) is 4.20. The fraction of sp³-hybridized carbons (Fsp3) is 0.500. The second-order valence-electron chi connectivity index (χ2n) is 4.90. The van der Waals surface area contributed by atoms with E-state index in [1.807, 2.05) is 13.0 Å². The van der Waals surface area contributed by atoms with Crippen LogP contribution in [-0.2, 0) is 4.79 Å². The summed E-state index contributed by atoms with van der Waals surface area (Å²) >= 11 is 0. The van der Waals surface area contributed by atoms with Crippen LogP contribution in [0.3, 0.4) is 0 Å². The van der Waals surface area contributed by atoms with Crippen LogP contribution < -0.4 is 10.6 Å². The van der Waals surface area contributed by atoms with Gasteiger partial charge in [0.05, 0.1) is 5.69 Å². The highest BCUT2D eigenvalue weighted by Crippen LogP contribution is 2.24. The SMILES string of the molecule is Cc1ccc(O)c(NC(=O)CCC2CCCN2)c1. The van der Waals surface area contributed by atoms with E-state index >= 15 is 0 Å². The summed E-state index contributed by atoms with van der Waals surface area (Å²) in [6, 6.07) is 5.67. The third kappa shape index (κ3) is 3.47. The van der Waals surface area contributed by atoms with E-state index in [1.165, 1.54) is 6.42 Å². The maximum atomic E-state index is 11.8. The lowest BCUT2D eigenvalue weighted by Gasteiger charge is -2.11. The van der Waals surface area contributed by atoms with Crippen molar-refractivity contribution in [1.82, 2.24) is 5.32 Å². The minimum absolute atomic E-state index is 0.0374. The Hall–Kier alpha value is -1.55. The number of aromatic hydroxyl groups is 1. The maximum Gasteiger partial charge on any atom is 0.224 e. The van der Waals surface area contributed by atoms with Gasteiger partial charge in [0.2, 0.25) is 5.91 Å². The van der Waals surface area contributed by atoms with Crippen LogP contribution in [0.15, 0.2) is 18.2 Å². The summed E-state index contributed by atoms with van der Waals surface area (Å²) in [5.41, 5.74) is 1.51. The summed E-state index contributed by atoms with van der Waals surface area (Å²) in [4.78, 5) is 11.8. The maximum absolute atomic E-state index is 11.8. The molecule has 1 heterocycles. The lowest BCUT2D eigenvalue weighted by molar-refractivity contribution is -0.116. The minimum atomic E-state index is -0.0374. The number of amides is 1. The van der Waals surface area contributed by atoms with Crippen LogP contribution in [-0.4, -0.2) is 23.6 Å². The average molecular weight is 248 g/mol. The van der Waals surface area contributed by atoms with Crippen LogP contribution in [0.2, 0.25) is 0 Å². The van der Waals surface area contributed by atoms with Crippen molar-refractivity contribution < 1.29 is 9.90 Å². The molecule has 1 aromatic carbocycles. The number of hydrogen-bond acceptors (Lipinski definition) is 3. The molecule has 1 aliphatic heterocycles. The molecule has 18 heavy (non-hydrogen) atoms. The van der Waals surface area contributed by atoms with E-state index in [0.717, 1.165) is 24.9 Å². The topological polar surface area (TPSA) is 61.4 Å². The van der Waals surface area contributed by atoms with E-state index < -0.39 is 0 Å². The summed E-state index contributed by atoms with van der Waals surface area (Å²) in [7, 11) is 0. The molecule has 1 unspecified atom stereocenters. The van der Waals surface area contributed by atoms with Crippen molar-refractivity contribution in [2.75, 3.05) is 11.9 Å². The molecular weight excluding hydrogens is 228 g/mol. The lowest BCUT2D eigenvalue weighted by Crippen LogP contribution is -2.23. The van der Waals surface area contributed by atoms with Gasteiger partial charge in [-0.1, -0.05) is 6.07 Å². The van der Waals surface area contributed by atoms with Crippen molar-refractivity contribution in [3.05, 3.63) is 23.8 Å². The van der Waals surface area contributed by atoms with Gasteiger partial charge in [-0.15, -0.1) is 0 Å². The third-order valence-electron chi connectivity index (χ3n) is 3.31. The third-order valence-corrected chi connectivity index (χ3v) is 3.31. The van der Waals surface area contributed by atoms with Crippen LogP contribution in [0.25, 0.3) is 0 Å². The first-order chi connectivity index (χ1) is 8.65. The summed E-state index contributed by atoms with van der Waals surface area (Å²) in [6.45, 7) is 2.99. The molecule has 4 nitrogen and oxygen atoms in total. The van der Waals surface area contributed by atoms with Gasteiger partial charge in [0.25, 0.3) is 0 Å². The highest BCUT2D eigenvalue weighted by Gasteiger charge is 2.15. The van der Waals surface area contributed by atoms with Crippen molar-refractivity contribution >= 4 is 11.6 Å². The van der Waals surface area contributed by atoms with Gasteiger partial charge in [-0.05, 0) is 50.4 Å². The van der Waals surface area contributed by atoms with E-state index in [0.29, 0.717) is 18.2 Å². The molecule has 3 N–H and O–H groups in total. The molecular formula is C14H20N2O2. The summed E-state index contributed by atoms with van der Waals surface area (Å²) in [5.74, 6) is 0.0811. The van der Waals surface area contributed by atoms with Crippen molar-refractivity contribution in [3.8, 4) is 5.75 Å². The second kappa shape index (κ2) is 5.87. The quantitative estimate of drug-likeness (QED) is 0.716. The van der Waals surface area contributed by atoms with Crippen molar-refractivity contribution in [2.24, 2.45) is 0 Å². The van der Waals surface area contributed by atoms with E-state index in [1.54, 1.807) is 12.1 Å². The van der Waals surface area contributed by atoms with Crippen molar-refractivity contribution in [3.63, 3.8) is 0 Å². The zero-order chi connectivity index (χ0) is 13.0. The number of rotatable bonds is 4. The Labute approximate surface area is 107 Å². The number of benzene rings is 1. The Morgan fingerprint density at radius 2 is 2.39 bits per heavy atom. The monoisotopic (exact) mass is 248 g/mol. The molecule has 0 bridgehead atoms. The molecule has 1 amide bonds. The summed E-state index contributed by atoms with van der Waals surface area (Å²) < 4.78 is 0. The minimum Gasteiger partial charge on any atom is -0.506 e. The van der Waals surface area contributed by atoms with Gasteiger partial charge >= 0.3 is 0 Å². The lowest BCUT2D eigenvalue weighted by atomic mass is 10.1. The number of carbonyl (C=O) groups is 1. The largest absolute Gasteiger partial charge is 0.506 e. The zero-order valence-corrected chi connectivity index (χ0v) is 10.7. The molecule has 1 aromatic rings. The Morgan fingerprint density at radius 1 is 1.56 bits per heavy atom. The highest BCUT2D eigenvalue weighted by atomic mass is 16.3. The fourth-order valence-electron chi connectivity index (χ4n) is 2.27. The Balaban J connectivity index is 1.84. The molecule has 1 saturated heterocycles. The van der Waals surface area contributed by atoms with Crippen LogP contribution in [0.4, 0.5) is 5.69 Å². The Bertz CT molecular complexity index is 426. The predicted molar refractivity (Wildman–Crippen MR) is 71.7 cm³/mol. The second-order valence-corrected chi connectivity index (χ2v) is 4.90. The molecule has 2 rings (SSSR count). The van der Waals surface area contributed by atoms with Crippen LogP contribution in [0.5, 0.6) is 5.75 Å². The number of carbonyl (C=O) groups excluding carboxylic acids is 1. The number of anilines is 1. The van der Waals surface area contributed by atoms with Gasteiger partial charge in [0.1, 0.15) is 5.75 Å². The van der Waals surface area contributed by atoms with E-state index in [-0.39, 0.29) is 11.7 Å². The van der Waals surface area contributed by atoms with Gasteiger partial charge in [-0.25, -0.2) is 0 Å². The molecule has 0 aliphatic carbocycles. The molecule has 0 saturated carbocycles. The molecule has 0 spiro atoms. The first-order valence-corrected chi connectivity index (χ1v) is 6.48. The van der Waals surface area contributed by atoms with E-state index in [9.17, 15) is 9.90 Å². The van der Waals surface area contributed by atoms with Crippen LogP contribution >= 0.6 is 0 Å². The van der Waals surface area contributed by atoms with Crippen molar-refractivity contribution in [2.45, 2.75) is 38.6 Å². The summed E-state index contributed by atoms with van der Waals surface area (Å²) in [5, 5.41) is 15.8. The first-order valence-electron chi connectivity index (χ1n) is 6.48. The van der Waals surface area contributed by atoms with Crippen LogP contribution in [0, 0.1) is 6.92 Å². The normalized spacial score (nSPS) is 18.8. The predicted octanol–water partition coefficient (Wildman–Crippen LogP) is 2.17. The van der Waals surface area contributed by atoms with Gasteiger partial charge < -0.3 is 15.7 Å². The molecule has 98 valence electrons. The Morgan fingerprint density at radius 3 is 3.11 bits per heavy atom. The van der Waals surface area contributed by atoms with E-state index in [4.69, 9.17) is 0 Å². The standard InChI is InChI=1S/C14H20N2O2/c1-10-4-6-13(17)12(9-10)16-14(18)7-5-11-3-2-8-15-11/h4,6,9,11,15,17H,2-3,5,7-8H2,1H3,(H,16,18). The van der Waals surface area contributed by atoms with E-state index in [2.05, 4.69) is 10.6 Å². The summed E-state index contributed by atoms with van der Waals surface area (Å²) in [6.07, 6.45) is 3.71. The molecule has 0 radical (unpaired) electrons. The molecule has 0 aromatic heterocycles. The number of nitrogens with one attached hydrogen (secondary N) is 2. The molecule has 4 heteroatoms. The molecule has 1 fully saturated rings. The molecule has 1 atom stereocenters. The van der Waals surface area contributed by atoms with Gasteiger partial charge in [0, 0.05) is 12.5 Å². The van der Waals surface area contributed by atoms with Gasteiger partial charge in [-0.2, -0.15) is 0 Å². The fourth-order valence-corrected chi connectivity index (χ4v) is 2.27. The van der Waals surface area contributed by atoms with Gasteiger partial charge in [-0.3, -0.25) is 4.79 Å². The smallest absolute Gasteiger partial charge is 0.224 e. The number of aryl methyl sites for hydroxylation is 1. The van der Waals surface area contributed by atoms with Crippen molar-refractivity contribution in [1.29, 1.82) is 0 Å². The van der Waals surface area contributed by atoms with Crippen LogP contribution in [0.1, 0.15) is 31.2 Å². The average Bonchev–Trinajstić information content (AvgIpc) is 2.84. The van der Waals surface area contributed by atoms with Gasteiger partial charge in [0.15, 0.2) is 0 Å². The number of phenols is 1.